The zero-order chi connectivity index (χ0) is 13.0. The van der Waals surface area contributed by atoms with E-state index in [1.165, 1.54) is 7.11 Å². The van der Waals surface area contributed by atoms with Crippen LogP contribution in [0.5, 0.6) is 0 Å². The summed E-state index contributed by atoms with van der Waals surface area (Å²) in [4.78, 5) is 11.3. The second-order valence-electron chi connectivity index (χ2n) is 3.87. The third-order valence-corrected chi connectivity index (χ3v) is 3.15. The molecule has 0 saturated heterocycles. The molecule has 0 radical (unpaired) electrons. The first-order valence-corrected chi connectivity index (χ1v) is 6.03. The Balaban J connectivity index is 2.23. The highest BCUT2D eigenvalue weighted by atomic mass is 35.5. The van der Waals surface area contributed by atoms with E-state index in [0.29, 0.717) is 0 Å². The molecule has 0 aliphatic heterocycles. The highest BCUT2D eigenvalue weighted by Crippen LogP contribution is 2.25. The molecule has 0 N–H and O–H groups in total. The van der Waals surface area contributed by atoms with Crippen molar-refractivity contribution in [1.82, 2.24) is 0 Å². The molecule has 0 bridgehead atoms. The van der Waals surface area contributed by atoms with Crippen LogP contribution in [0.4, 0.5) is 0 Å². The average molecular weight is 261 g/mol. The number of esters is 1. The van der Waals surface area contributed by atoms with Crippen LogP contribution in [0.15, 0.2) is 54.6 Å². The Labute approximate surface area is 111 Å². The van der Waals surface area contributed by atoms with Crippen LogP contribution in [-0.2, 0) is 9.53 Å². The molecule has 1 atom stereocenters. The molecule has 3 heteroatoms. The number of alkyl halides is 1. The van der Waals surface area contributed by atoms with Crippen LogP contribution >= 0.6 is 11.6 Å². The Morgan fingerprint density at radius 2 is 1.56 bits per heavy atom. The van der Waals surface area contributed by atoms with Gasteiger partial charge >= 0.3 is 5.97 Å². The third-order valence-electron chi connectivity index (χ3n) is 2.72. The second-order valence-corrected chi connectivity index (χ2v) is 4.31. The maximum atomic E-state index is 11.3. The molecule has 18 heavy (non-hydrogen) atoms. The monoisotopic (exact) mass is 260 g/mol. The molecular formula is C15H13ClO2. The normalized spacial score (nSPS) is 11.9. The minimum Gasteiger partial charge on any atom is -0.468 e. The Morgan fingerprint density at radius 1 is 1.00 bits per heavy atom. The first-order chi connectivity index (χ1) is 8.72. The van der Waals surface area contributed by atoms with Crippen molar-refractivity contribution in [3.63, 3.8) is 0 Å². The highest BCUT2D eigenvalue weighted by molar-refractivity contribution is 6.29. The van der Waals surface area contributed by atoms with Gasteiger partial charge in [-0.3, -0.25) is 4.79 Å². The van der Waals surface area contributed by atoms with Crippen LogP contribution in [-0.4, -0.2) is 13.1 Å². The Bertz CT molecular complexity index is 520. The fourth-order valence-corrected chi connectivity index (χ4v) is 1.95. The predicted octanol–water partition coefficient (Wildman–Crippen LogP) is 3.81. The summed E-state index contributed by atoms with van der Waals surface area (Å²) in [6.07, 6.45) is 0. The fraction of sp³-hybridized carbons (Fsp3) is 0.133. The van der Waals surface area contributed by atoms with E-state index in [0.717, 1.165) is 16.7 Å². The standard InChI is InChI=1S/C15H13ClO2/c1-18-15(17)14(16)13-9-7-12(8-10-13)11-5-3-2-4-6-11/h2-10,14H,1H3. The maximum absolute atomic E-state index is 11.3. The van der Waals surface area contributed by atoms with Crippen molar-refractivity contribution in [3.05, 3.63) is 60.2 Å². The number of methoxy groups -OCH3 is 1. The van der Waals surface area contributed by atoms with Gasteiger partial charge in [-0.15, -0.1) is 11.6 Å². The summed E-state index contributed by atoms with van der Waals surface area (Å²) >= 11 is 5.98. The lowest BCUT2D eigenvalue weighted by Gasteiger charge is -2.08. The van der Waals surface area contributed by atoms with Crippen LogP contribution in [0.3, 0.4) is 0 Å². The van der Waals surface area contributed by atoms with Crippen molar-refractivity contribution in [2.24, 2.45) is 0 Å². The third kappa shape index (κ3) is 2.71. The van der Waals surface area contributed by atoms with Gasteiger partial charge in [-0.05, 0) is 16.7 Å². The summed E-state index contributed by atoms with van der Waals surface area (Å²) in [7, 11) is 1.33. The number of carbonyl (C=O) groups is 1. The minimum absolute atomic E-state index is 0.441. The molecule has 0 aliphatic rings. The van der Waals surface area contributed by atoms with Gasteiger partial charge in [-0.25, -0.2) is 0 Å². The van der Waals surface area contributed by atoms with Crippen molar-refractivity contribution in [1.29, 1.82) is 0 Å². The number of benzene rings is 2. The summed E-state index contributed by atoms with van der Waals surface area (Å²) in [5.41, 5.74) is 2.96. The lowest BCUT2D eigenvalue weighted by atomic mass is 10.0. The number of halogens is 1. The lowest BCUT2D eigenvalue weighted by Crippen LogP contribution is -2.08. The Hall–Kier alpha value is -1.80. The Kier molecular flexibility index (Phi) is 4.00. The topological polar surface area (TPSA) is 26.3 Å². The Morgan fingerprint density at radius 3 is 2.11 bits per heavy atom. The smallest absolute Gasteiger partial charge is 0.328 e. The largest absolute Gasteiger partial charge is 0.468 e. The van der Waals surface area contributed by atoms with E-state index in [1.807, 2.05) is 54.6 Å². The van der Waals surface area contributed by atoms with Crippen LogP contribution < -0.4 is 0 Å². The number of rotatable bonds is 3. The van der Waals surface area contributed by atoms with Crippen molar-refractivity contribution < 1.29 is 9.53 Å². The summed E-state index contributed by atoms with van der Waals surface area (Å²) in [6.45, 7) is 0. The van der Waals surface area contributed by atoms with E-state index in [-0.39, 0.29) is 0 Å². The number of hydrogen-bond acceptors (Lipinski definition) is 2. The van der Waals surface area contributed by atoms with E-state index < -0.39 is 11.3 Å². The highest BCUT2D eigenvalue weighted by Gasteiger charge is 2.17. The van der Waals surface area contributed by atoms with Crippen molar-refractivity contribution >= 4 is 17.6 Å². The SMILES string of the molecule is COC(=O)C(Cl)c1ccc(-c2ccccc2)cc1. The lowest BCUT2D eigenvalue weighted by molar-refractivity contribution is -0.140. The van der Waals surface area contributed by atoms with Gasteiger partial charge in [0.05, 0.1) is 7.11 Å². The first kappa shape index (κ1) is 12.7. The predicted molar refractivity (Wildman–Crippen MR) is 72.5 cm³/mol. The summed E-state index contributed by atoms with van der Waals surface area (Å²) in [6, 6.07) is 17.6. The van der Waals surface area contributed by atoms with Gasteiger partial charge in [0.1, 0.15) is 0 Å². The van der Waals surface area contributed by atoms with Gasteiger partial charge in [0, 0.05) is 0 Å². The molecule has 0 aliphatic carbocycles. The van der Waals surface area contributed by atoms with Gasteiger partial charge in [0.15, 0.2) is 5.38 Å². The van der Waals surface area contributed by atoms with E-state index in [1.54, 1.807) is 0 Å². The van der Waals surface area contributed by atoms with Crippen molar-refractivity contribution in [2.45, 2.75) is 5.38 Å². The molecule has 1 unspecified atom stereocenters. The first-order valence-electron chi connectivity index (χ1n) is 5.59. The van der Waals surface area contributed by atoms with Crippen LogP contribution in [0, 0.1) is 0 Å². The number of carbonyl (C=O) groups excluding carboxylic acids is 1. The molecule has 92 valence electrons. The van der Waals surface area contributed by atoms with E-state index in [9.17, 15) is 4.79 Å². The van der Waals surface area contributed by atoms with E-state index >= 15 is 0 Å². The molecule has 0 heterocycles. The van der Waals surface area contributed by atoms with Crippen LogP contribution in [0.2, 0.25) is 0 Å². The van der Waals surface area contributed by atoms with Crippen LogP contribution in [0.1, 0.15) is 10.9 Å². The summed E-state index contributed by atoms with van der Waals surface area (Å²) < 4.78 is 4.61. The molecule has 0 spiro atoms. The molecule has 0 saturated carbocycles. The number of ether oxygens (including phenoxy) is 1. The van der Waals surface area contributed by atoms with Gasteiger partial charge in [0.2, 0.25) is 0 Å². The molecular weight excluding hydrogens is 248 g/mol. The average Bonchev–Trinajstić information content (AvgIpc) is 2.47. The van der Waals surface area contributed by atoms with Gasteiger partial charge in [-0.2, -0.15) is 0 Å². The molecule has 2 aromatic carbocycles. The van der Waals surface area contributed by atoms with Crippen LogP contribution in [0.25, 0.3) is 11.1 Å². The second kappa shape index (κ2) is 5.69. The van der Waals surface area contributed by atoms with Gasteiger partial charge in [-0.1, -0.05) is 54.6 Å². The number of hydrogen-bond donors (Lipinski definition) is 0. The zero-order valence-corrected chi connectivity index (χ0v) is 10.7. The summed E-state index contributed by atoms with van der Waals surface area (Å²) in [5, 5.41) is -0.750. The molecule has 0 amide bonds. The minimum atomic E-state index is -0.750. The molecule has 2 aromatic rings. The van der Waals surface area contributed by atoms with Gasteiger partial charge < -0.3 is 4.74 Å². The fourth-order valence-electron chi connectivity index (χ4n) is 1.71. The van der Waals surface area contributed by atoms with E-state index in [2.05, 4.69) is 4.74 Å². The summed E-state index contributed by atoms with van der Waals surface area (Å²) in [5.74, 6) is -0.441. The zero-order valence-electron chi connectivity index (χ0n) is 9.97. The maximum Gasteiger partial charge on any atom is 0.328 e. The van der Waals surface area contributed by atoms with Crippen molar-refractivity contribution in [3.8, 4) is 11.1 Å². The van der Waals surface area contributed by atoms with Gasteiger partial charge in [0.25, 0.3) is 0 Å². The van der Waals surface area contributed by atoms with E-state index in [4.69, 9.17) is 11.6 Å². The molecule has 0 aromatic heterocycles. The molecule has 0 fully saturated rings. The van der Waals surface area contributed by atoms with Crippen molar-refractivity contribution in [2.75, 3.05) is 7.11 Å². The molecule has 2 rings (SSSR count). The quantitative estimate of drug-likeness (QED) is 0.620. The molecule has 2 nitrogen and oxygen atoms in total.